The van der Waals surface area contributed by atoms with Gasteiger partial charge in [-0.05, 0) is 26.0 Å². The largest absolute Gasteiger partial charge is 0.308 e. The van der Waals surface area contributed by atoms with Crippen LogP contribution in [-0.2, 0) is 0 Å². The number of benzene rings is 1. The van der Waals surface area contributed by atoms with Crippen LogP contribution in [0.1, 0.15) is 19.4 Å². The van der Waals surface area contributed by atoms with Crippen LogP contribution in [0.2, 0.25) is 0 Å². The SMILES string of the molecule is CC(C)N=C(NN)c1c(F)cccc1F. The van der Waals surface area contributed by atoms with Crippen LogP contribution >= 0.6 is 0 Å². The zero-order valence-corrected chi connectivity index (χ0v) is 8.59. The van der Waals surface area contributed by atoms with E-state index in [0.29, 0.717) is 0 Å². The van der Waals surface area contributed by atoms with E-state index in [9.17, 15) is 8.78 Å². The fraction of sp³-hybridized carbons (Fsp3) is 0.300. The zero-order chi connectivity index (χ0) is 11.4. The van der Waals surface area contributed by atoms with E-state index in [1.165, 1.54) is 6.07 Å². The molecule has 15 heavy (non-hydrogen) atoms. The Labute approximate surface area is 87.0 Å². The monoisotopic (exact) mass is 213 g/mol. The summed E-state index contributed by atoms with van der Waals surface area (Å²) in [5.41, 5.74) is 1.97. The Bertz CT molecular complexity index is 355. The number of aliphatic imine (C=N–C) groups is 1. The Morgan fingerprint density at radius 1 is 1.33 bits per heavy atom. The molecule has 0 aromatic heterocycles. The van der Waals surface area contributed by atoms with Crippen LogP contribution in [-0.4, -0.2) is 11.9 Å². The standard InChI is InChI=1S/C10H13F2N3/c1-6(2)14-10(15-13)9-7(11)4-3-5-8(9)12/h3-6H,13H2,1-2H3,(H,14,15). The number of nitrogens with two attached hydrogens (primary N) is 1. The molecule has 0 saturated heterocycles. The Hall–Kier alpha value is -1.49. The van der Waals surface area contributed by atoms with Gasteiger partial charge in [0.15, 0.2) is 0 Å². The molecule has 0 atom stereocenters. The van der Waals surface area contributed by atoms with Crippen molar-refractivity contribution in [2.75, 3.05) is 0 Å². The maximum Gasteiger partial charge on any atom is 0.148 e. The highest BCUT2D eigenvalue weighted by molar-refractivity contribution is 5.98. The number of nitrogens with zero attached hydrogens (tertiary/aromatic N) is 1. The van der Waals surface area contributed by atoms with Gasteiger partial charge in [-0.15, -0.1) is 0 Å². The van der Waals surface area contributed by atoms with Crippen molar-refractivity contribution in [3.05, 3.63) is 35.4 Å². The van der Waals surface area contributed by atoms with Crippen LogP contribution in [0.25, 0.3) is 0 Å². The lowest BCUT2D eigenvalue weighted by molar-refractivity contribution is 0.576. The van der Waals surface area contributed by atoms with Crippen molar-refractivity contribution in [3.63, 3.8) is 0 Å². The second-order valence-electron chi connectivity index (χ2n) is 3.31. The summed E-state index contributed by atoms with van der Waals surface area (Å²) in [5, 5.41) is 0. The van der Waals surface area contributed by atoms with Crippen LogP contribution < -0.4 is 11.3 Å². The van der Waals surface area contributed by atoms with Crippen molar-refractivity contribution >= 4 is 5.84 Å². The number of halogens is 2. The van der Waals surface area contributed by atoms with E-state index >= 15 is 0 Å². The third-order valence-corrected chi connectivity index (χ3v) is 1.72. The molecule has 0 bridgehead atoms. The van der Waals surface area contributed by atoms with Crippen molar-refractivity contribution < 1.29 is 8.78 Å². The predicted octanol–water partition coefficient (Wildman–Crippen LogP) is 1.58. The molecule has 1 rings (SSSR count). The highest BCUT2D eigenvalue weighted by atomic mass is 19.1. The smallest absolute Gasteiger partial charge is 0.148 e. The molecule has 1 aromatic rings. The second kappa shape index (κ2) is 4.84. The molecular formula is C10H13F2N3. The molecule has 0 unspecified atom stereocenters. The molecule has 0 heterocycles. The van der Waals surface area contributed by atoms with E-state index in [0.717, 1.165) is 12.1 Å². The molecule has 3 nitrogen and oxygen atoms in total. The summed E-state index contributed by atoms with van der Waals surface area (Å²) in [6.45, 7) is 3.58. The molecular weight excluding hydrogens is 200 g/mol. The van der Waals surface area contributed by atoms with Gasteiger partial charge in [0.25, 0.3) is 0 Å². The van der Waals surface area contributed by atoms with Crippen LogP contribution in [0.3, 0.4) is 0 Å². The van der Waals surface area contributed by atoms with Gasteiger partial charge in [0.1, 0.15) is 17.5 Å². The fourth-order valence-electron chi connectivity index (χ4n) is 1.16. The minimum Gasteiger partial charge on any atom is -0.308 e. The molecule has 0 amide bonds. The third kappa shape index (κ3) is 2.73. The van der Waals surface area contributed by atoms with E-state index in [2.05, 4.69) is 10.4 Å². The number of hydrazine groups is 1. The van der Waals surface area contributed by atoms with Crippen molar-refractivity contribution in [1.82, 2.24) is 5.43 Å². The summed E-state index contributed by atoms with van der Waals surface area (Å²) in [6.07, 6.45) is 0. The van der Waals surface area contributed by atoms with E-state index < -0.39 is 11.6 Å². The van der Waals surface area contributed by atoms with Crippen LogP contribution in [0.4, 0.5) is 8.78 Å². The molecule has 82 valence electrons. The zero-order valence-electron chi connectivity index (χ0n) is 8.59. The van der Waals surface area contributed by atoms with Gasteiger partial charge in [-0.2, -0.15) is 0 Å². The van der Waals surface area contributed by atoms with Gasteiger partial charge in [-0.25, -0.2) is 14.6 Å². The Kier molecular flexibility index (Phi) is 3.74. The predicted molar refractivity (Wildman–Crippen MR) is 55.4 cm³/mol. The van der Waals surface area contributed by atoms with Gasteiger partial charge in [0, 0.05) is 6.04 Å². The van der Waals surface area contributed by atoms with Gasteiger partial charge >= 0.3 is 0 Å². The number of nitrogens with one attached hydrogen (secondary N) is 1. The van der Waals surface area contributed by atoms with E-state index in [1.807, 2.05) is 0 Å². The number of rotatable bonds is 2. The van der Waals surface area contributed by atoms with Gasteiger partial charge in [-0.3, -0.25) is 4.99 Å². The molecule has 0 spiro atoms. The summed E-state index contributed by atoms with van der Waals surface area (Å²) in [4.78, 5) is 3.99. The average molecular weight is 213 g/mol. The van der Waals surface area contributed by atoms with Gasteiger partial charge in [0.05, 0.1) is 5.56 Å². The summed E-state index contributed by atoms with van der Waals surface area (Å²) in [7, 11) is 0. The van der Waals surface area contributed by atoms with Crippen molar-refractivity contribution in [1.29, 1.82) is 0 Å². The fourth-order valence-corrected chi connectivity index (χ4v) is 1.16. The normalized spacial score (nSPS) is 12.0. The van der Waals surface area contributed by atoms with Crippen LogP contribution in [0, 0.1) is 11.6 Å². The average Bonchev–Trinajstić information content (AvgIpc) is 2.15. The van der Waals surface area contributed by atoms with E-state index in [1.54, 1.807) is 13.8 Å². The lowest BCUT2D eigenvalue weighted by atomic mass is 10.2. The minimum atomic E-state index is -0.688. The molecule has 5 heteroatoms. The van der Waals surface area contributed by atoms with Gasteiger partial charge < -0.3 is 5.43 Å². The maximum atomic E-state index is 13.3. The van der Waals surface area contributed by atoms with Crippen LogP contribution in [0.5, 0.6) is 0 Å². The first-order chi connectivity index (χ1) is 7.06. The lowest BCUT2D eigenvalue weighted by Crippen LogP contribution is -2.33. The van der Waals surface area contributed by atoms with E-state index in [-0.39, 0.29) is 17.4 Å². The van der Waals surface area contributed by atoms with Gasteiger partial charge in [-0.1, -0.05) is 6.07 Å². The Balaban J connectivity index is 3.24. The quantitative estimate of drug-likeness (QED) is 0.339. The summed E-state index contributed by atoms with van der Waals surface area (Å²) >= 11 is 0. The maximum absolute atomic E-state index is 13.3. The molecule has 3 N–H and O–H groups in total. The lowest BCUT2D eigenvalue weighted by Gasteiger charge is -2.09. The third-order valence-electron chi connectivity index (χ3n) is 1.72. The molecule has 0 aliphatic heterocycles. The molecule has 0 aliphatic carbocycles. The highest BCUT2D eigenvalue weighted by Gasteiger charge is 2.14. The second-order valence-corrected chi connectivity index (χ2v) is 3.31. The molecule has 0 radical (unpaired) electrons. The van der Waals surface area contributed by atoms with Crippen molar-refractivity contribution in [2.45, 2.75) is 19.9 Å². The minimum absolute atomic E-state index is 0.0144. The van der Waals surface area contributed by atoms with Crippen molar-refractivity contribution in [2.24, 2.45) is 10.8 Å². The van der Waals surface area contributed by atoms with E-state index in [4.69, 9.17) is 5.84 Å². The molecule has 1 aromatic carbocycles. The first-order valence-electron chi connectivity index (χ1n) is 4.55. The molecule has 0 fully saturated rings. The number of amidine groups is 1. The van der Waals surface area contributed by atoms with Crippen LogP contribution in [0.15, 0.2) is 23.2 Å². The first kappa shape index (κ1) is 11.6. The summed E-state index contributed by atoms with van der Waals surface area (Å²) in [5.74, 6) is 3.82. The number of hydrogen-bond donors (Lipinski definition) is 2. The first-order valence-corrected chi connectivity index (χ1v) is 4.55. The van der Waals surface area contributed by atoms with Crippen molar-refractivity contribution in [3.8, 4) is 0 Å². The van der Waals surface area contributed by atoms with Gasteiger partial charge in [0.2, 0.25) is 0 Å². The summed E-state index contributed by atoms with van der Waals surface area (Å²) in [6, 6.07) is 3.50. The molecule has 0 saturated carbocycles. The Morgan fingerprint density at radius 3 is 2.27 bits per heavy atom. The topological polar surface area (TPSA) is 50.4 Å². The highest BCUT2D eigenvalue weighted by Crippen LogP contribution is 2.12. The number of hydrogen-bond acceptors (Lipinski definition) is 2. The Morgan fingerprint density at radius 2 is 1.87 bits per heavy atom. The summed E-state index contributed by atoms with van der Waals surface area (Å²) < 4.78 is 26.6. The molecule has 0 aliphatic rings.